The van der Waals surface area contributed by atoms with E-state index in [0.29, 0.717) is 11.5 Å². The third-order valence-corrected chi connectivity index (χ3v) is 4.90. The number of carbonyl (C=O) groups excluding carboxylic acids is 1. The SMILES string of the molecule is N#Cc1ccc(N2CCC(C(=O)N3CCCn4ncnc43)CC2)nc1. The Morgan fingerprint density at radius 2 is 2.00 bits per heavy atom. The lowest BCUT2D eigenvalue weighted by Gasteiger charge is -2.35. The summed E-state index contributed by atoms with van der Waals surface area (Å²) in [4.78, 5) is 25.5. The van der Waals surface area contributed by atoms with E-state index in [2.05, 4.69) is 26.0 Å². The van der Waals surface area contributed by atoms with E-state index in [1.54, 1.807) is 21.8 Å². The lowest BCUT2D eigenvalue weighted by Crippen LogP contribution is -2.45. The maximum absolute atomic E-state index is 12.9. The summed E-state index contributed by atoms with van der Waals surface area (Å²) in [5.41, 5.74) is 0.558. The molecule has 128 valence electrons. The molecule has 4 heterocycles. The molecule has 0 saturated carbocycles. The molecule has 0 radical (unpaired) electrons. The van der Waals surface area contributed by atoms with Crippen LogP contribution in [-0.2, 0) is 11.3 Å². The van der Waals surface area contributed by atoms with E-state index in [1.807, 2.05) is 6.07 Å². The molecule has 0 N–H and O–H groups in total. The number of aryl methyl sites for hydroxylation is 1. The first-order valence-corrected chi connectivity index (χ1v) is 8.56. The minimum Gasteiger partial charge on any atom is -0.357 e. The van der Waals surface area contributed by atoms with Crippen molar-refractivity contribution in [3.63, 3.8) is 0 Å². The number of nitriles is 1. The zero-order valence-electron chi connectivity index (χ0n) is 13.9. The van der Waals surface area contributed by atoms with Gasteiger partial charge in [0.25, 0.3) is 0 Å². The summed E-state index contributed by atoms with van der Waals surface area (Å²) >= 11 is 0. The van der Waals surface area contributed by atoms with Gasteiger partial charge in [-0.2, -0.15) is 15.3 Å². The number of fused-ring (bicyclic) bond motifs is 1. The molecule has 8 nitrogen and oxygen atoms in total. The molecule has 0 unspecified atom stereocenters. The van der Waals surface area contributed by atoms with Crippen LogP contribution in [0.4, 0.5) is 11.8 Å². The van der Waals surface area contributed by atoms with Gasteiger partial charge in [-0.05, 0) is 31.4 Å². The summed E-state index contributed by atoms with van der Waals surface area (Å²) < 4.78 is 1.80. The Kier molecular flexibility index (Phi) is 4.06. The molecule has 8 heteroatoms. The van der Waals surface area contributed by atoms with Gasteiger partial charge < -0.3 is 4.90 Å². The van der Waals surface area contributed by atoms with Crippen molar-refractivity contribution in [2.75, 3.05) is 29.4 Å². The fourth-order valence-corrected chi connectivity index (χ4v) is 3.53. The van der Waals surface area contributed by atoms with E-state index in [4.69, 9.17) is 5.26 Å². The van der Waals surface area contributed by atoms with Crippen LogP contribution in [0, 0.1) is 17.2 Å². The van der Waals surface area contributed by atoms with Gasteiger partial charge in [0.1, 0.15) is 18.2 Å². The number of anilines is 2. The highest BCUT2D eigenvalue weighted by Crippen LogP contribution is 2.26. The molecule has 1 amide bonds. The summed E-state index contributed by atoms with van der Waals surface area (Å²) in [6.07, 6.45) is 5.61. The van der Waals surface area contributed by atoms with Gasteiger partial charge in [0, 0.05) is 38.3 Å². The van der Waals surface area contributed by atoms with Gasteiger partial charge in [-0.3, -0.25) is 9.69 Å². The van der Waals surface area contributed by atoms with Crippen LogP contribution in [0.25, 0.3) is 0 Å². The molecule has 0 atom stereocenters. The fourth-order valence-electron chi connectivity index (χ4n) is 3.53. The third kappa shape index (κ3) is 2.93. The maximum Gasteiger partial charge on any atom is 0.232 e. The predicted molar refractivity (Wildman–Crippen MR) is 90.9 cm³/mol. The van der Waals surface area contributed by atoms with Crippen molar-refractivity contribution in [2.24, 2.45) is 5.92 Å². The Labute approximate surface area is 145 Å². The molecule has 1 saturated heterocycles. The standard InChI is InChI=1S/C17H19N7O/c18-10-13-2-3-15(19-11-13)22-8-4-14(5-9-22)16(25)23-6-1-7-24-17(23)20-12-21-24/h2-3,11-12,14H,1,4-9H2. The highest BCUT2D eigenvalue weighted by atomic mass is 16.2. The highest BCUT2D eigenvalue weighted by Gasteiger charge is 2.32. The Morgan fingerprint density at radius 1 is 1.16 bits per heavy atom. The molecule has 2 aliphatic rings. The number of amides is 1. The number of nitrogens with zero attached hydrogens (tertiary/aromatic N) is 7. The Balaban J connectivity index is 1.40. The molecule has 4 rings (SSSR count). The molecule has 2 aromatic rings. The zero-order chi connectivity index (χ0) is 17.2. The van der Waals surface area contributed by atoms with Gasteiger partial charge in [0.15, 0.2) is 0 Å². The topological polar surface area (TPSA) is 90.9 Å². The molecule has 1 fully saturated rings. The van der Waals surface area contributed by atoms with Crippen LogP contribution in [0.1, 0.15) is 24.8 Å². The number of hydrogen-bond donors (Lipinski definition) is 0. The van der Waals surface area contributed by atoms with E-state index in [9.17, 15) is 4.79 Å². The van der Waals surface area contributed by atoms with E-state index in [1.165, 1.54) is 6.33 Å². The molecule has 0 aliphatic carbocycles. The number of hydrogen-bond acceptors (Lipinski definition) is 6. The quantitative estimate of drug-likeness (QED) is 0.818. The number of rotatable bonds is 2. The molecule has 2 aliphatic heterocycles. The normalized spacial score (nSPS) is 17.9. The van der Waals surface area contributed by atoms with Crippen molar-refractivity contribution < 1.29 is 4.79 Å². The van der Waals surface area contributed by atoms with Crippen LogP contribution in [0.5, 0.6) is 0 Å². The van der Waals surface area contributed by atoms with Crippen LogP contribution in [-0.4, -0.2) is 45.3 Å². The Morgan fingerprint density at radius 3 is 2.72 bits per heavy atom. The summed E-state index contributed by atoms with van der Waals surface area (Å²) in [6.45, 7) is 3.11. The van der Waals surface area contributed by atoms with Gasteiger partial charge in [-0.15, -0.1) is 0 Å². The highest BCUT2D eigenvalue weighted by molar-refractivity contribution is 5.93. The Bertz CT molecular complexity index is 799. The second kappa shape index (κ2) is 6.51. The minimum atomic E-state index is 0.0119. The average Bonchev–Trinajstić information content (AvgIpc) is 3.16. The average molecular weight is 337 g/mol. The smallest absolute Gasteiger partial charge is 0.232 e. The van der Waals surface area contributed by atoms with Gasteiger partial charge in [0.05, 0.1) is 5.56 Å². The largest absolute Gasteiger partial charge is 0.357 e. The van der Waals surface area contributed by atoms with Crippen LogP contribution >= 0.6 is 0 Å². The van der Waals surface area contributed by atoms with Crippen LogP contribution < -0.4 is 9.80 Å². The third-order valence-electron chi connectivity index (χ3n) is 4.90. The molecule has 2 aromatic heterocycles. The van der Waals surface area contributed by atoms with Gasteiger partial charge in [-0.25, -0.2) is 9.67 Å². The van der Waals surface area contributed by atoms with E-state index in [-0.39, 0.29) is 11.8 Å². The Hall–Kier alpha value is -2.95. The van der Waals surface area contributed by atoms with Crippen molar-refractivity contribution in [3.8, 4) is 6.07 Å². The summed E-state index contributed by atoms with van der Waals surface area (Å²) in [5.74, 6) is 1.70. The lowest BCUT2D eigenvalue weighted by molar-refractivity contribution is -0.123. The molecule has 0 spiro atoms. The second-order valence-corrected chi connectivity index (χ2v) is 6.40. The first kappa shape index (κ1) is 15.6. The monoisotopic (exact) mass is 337 g/mol. The summed E-state index contributed by atoms with van der Waals surface area (Å²) in [7, 11) is 0. The first-order chi connectivity index (χ1) is 12.3. The van der Waals surface area contributed by atoms with Gasteiger partial charge in [-0.1, -0.05) is 0 Å². The van der Waals surface area contributed by atoms with Crippen molar-refractivity contribution in [2.45, 2.75) is 25.8 Å². The van der Waals surface area contributed by atoms with Crippen LogP contribution in [0.15, 0.2) is 24.7 Å². The lowest BCUT2D eigenvalue weighted by atomic mass is 9.95. The molecular weight excluding hydrogens is 318 g/mol. The van der Waals surface area contributed by atoms with Crippen molar-refractivity contribution >= 4 is 17.7 Å². The zero-order valence-corrected chi connectivity index (χ0v) is 13.9. The summed E-state index contributed by atoms with van der Waals surface area (Å²) in [6, 6.07) is 5.72. The number of pyridine rings is 1. The van der Waals surface area contributed by atoms with E-state index < -0.39 is 0 Å². The number of aromatic nitrogens is 4. The van der Waals surface area contributed by atoms with Gasteiger partial charge in [0.2, 0.25) is 11.9 Å². The van der Waals surface area contributed by atoms with Crippen molar-refractivity contribution in [1.29, 1.82) is 5.26 Å². The maximum atomic E-state index is 12.9. The summed E-state index contributed by atoms with van der Waals surface area (Å²) in [5, 5.41) is 13.0. The molecule has 25 heavy (non-hydrogen) atoms. The van der Waals surface area contributed by atoms with Crippen LogP contribution in [0.3, 0.4) is 0 Å². The molecule has 0 aromatic carbocycles. The van der Waals surface area contributed by atoms with Gasteiger partial charge >= 0.3 is 0 Å². The van der Waals surface area contributed by atoms with E-state index >= 15 is 0 Å². The second-order valence-electron chi connectivity index (χ2n) is 6.40. The number of piperidine rings is 1. The molecular formula is C17H19N7O. The van der Waals surface area contributed by atoms with E-state index in [0.717, 1.165) is 51.3 Å². The van der Waals surface area contributed by atoms with Crippen LogP contribution in [0.2, 0.25) is 0 Å². The predicted octanol–water partition coefficient (Wildman–Crippen LogP) is 1.20. The fraction of sp³-hybridized carbons (Fsp3) is 0.471. The minimum absolute atomic E-state index is 0.0119. The molecule has 0 bridgehead atoms. The number of carbonyl (C=O) groups is 1. The van der Waals surface area contributed by atoms with Crippen molar-refractivity contribution in [1.82, 2.24) is 19.7 Å². The first-order valence-electron chi connectivity index (χ1n) is 8.56. The van der Waals surface area contributed by atoms with Crippen molar-refractivity contribution in [3.05, 3.63) is 30.2 Å².